The Hall–Kier alpha value is -2.09. The molecule has 2 nitrogen and oxygen atoms in total. The summed E-state index contributed by atoms with van der Waals surface area (Å²) in [6.07, 6.45) is 1.23. The Morgan fingerprint density at radius 1 is 1.05 bits per heavy atom. The van der Waals surface area contributed by atoms with Crippen LogP contribution in [0.15, 0.2) is 60.7 Å². The third-order valence-corrected chi connectivity index (χ3v) is 4.22. The summed E-state index contributed by atoms with van der Waals surface area (Å²) in [7, 11) is 0. The van der Waals surface area contributed by atoms with Gasteiger partial charge >= 0.3 is 5.97 Å². The van der Waals surface area contributed by atoms with Crippen molar-refractivity contribution in [1.82, 2.24) is 0 Å². The van der Waals surface area contributed by atoms with Gasteiger partial charge in [0.15, 0.2) is 0 Å². The van der Waals surface area contributed by atoms with E-state index in [0.717, 1.165) is 12.0 Å². The van der Waals surface area contributed by atoms with E-state index in [1.165, 1.54) is 5.56 Å². The second-order valence-corrected chi connectivity index (χ2v) is 5.25. The summed E-state index contributed by atoms with van der Waals surface area (Å²) in [6, 6.07) is 20.3. The van der Waals surface area contributed by atoms with Crippen molar-refractivity contribution in [2.75, 3.05) is 0 Å². The van der Waals surface area contributed by atoms with Crippen LogP contribution in [-0.2, 0) is 15.1 Å². The molecule has 0 aliphatic carbocycles. The first-order chi connectivity index (χ1) is 9.76. The fourth-order valence-electron chi connectivity index (χ4n) is 3.22. The minimum absolute atomic E-state index is 0.0867. The molecule has 2 aromatic carbocycles. The topological polar surface area (TPSA) is 26.3 Å². The highest BCUT2D eigenvalue weighted by atomic mass is 16.6. The Balaban J connectivity index is 2.10. The van der Waals surface area contributed by atoms with Gasteiger partial charge in [0.2, 0.25) is 0 Å². The third-order valence-electron chi connectivity index (χ3n) is 4.22. The minimum atomic E-state index is -0.528. The average molecular weight is 266 g/mol. The molecule has 0 N–H and O–H groups in total. The second kappa shape index (κ2) is 5.12. The van der Waals surface area contributed by atoms with Crippen molar-refractivity contribution in [3.8, 4) is 0 Å². The van der Waals surface area contributed by atoms with Crippen molar-refractivity contribution in [3.63, 3.8) is 0 Å². The molecule has 1 aliphatic rings. The molecule has 0 spiro atoms. The van der Waals surface area contributed by atoms with E-state index in [0.29, 0.717) is 6.42 Å². The number of carbonyl (C=O) groups excluding carboxylic acids is 1. The molecule has 0 saturated carbocycles. The van der Waals surface area contributed by atoms with E-state index < -0.39 is 5.60 Å². The van der Waals surface area contributed by atoms with Gasteiger partial charge in [0, 0.05) is 5.92 Å². The molecule has 0 aromatic heterocycles. The van der Waals surface area contributed by atoms with Crippen LogP contribution >= 0.6 is 0 Å². The van der Waals surface area contributed by atoms with Gasteiger partial charge in [-0.05, 0) is 17.5 Å². The zero-order chi connectivity index (χ0) is 14.0. The standard InChI is InChI=1S/C18H18O2/c1-2-18(15-11-7-4-8-12-15)16(13-17(19)20-18)14-9-5-3-6-10-14/h3-12,16H,2,13H2,1H3. The lowest BCUT2D eigenvalue weighted by Gasteiger charge is -2.33. The van der Waals surface area contributed by atoms with E-state index in [1.807, 2.05) is 36.4 Å². The van der Waals surface area contributed by atoms with Gasteiger partial charge < -0.3 is 4.74 Å². The van der Waals surface area contributed by atoms with Gasteiger partial charge in [-0.25, -0.2) is 0 Å². The van der Waals surface area contributed by atoms with Crippen molar-refractivity contribution in [1.29, 1.82) is 0 Å². The molecule has 2 aromatic rings. The largest absolute Gasteiger partial charge is 0.453 e. The van der Waals surface area contributed by atoms with E-state index in [9.17, 15) is 4.79 Å². The van der Waals surface area contributed by atoms with Crippen LogP contribution in [0.1, 0.15) is 36.8 Å². The predicted octanol–water partition coefficient (Wildman–Crippen LogP) is 4.02. The molecule has 102 valence electrons. The molecule has 0 radical (unpaired) electrons. The molecule has 1 heterocycles. The number of esters is 1. The quantitative estimate of drug-likeness (QED) is 0.784. The first-order valence-corrected chi connectivity index (χ1v) is 7.08. The highest BCUT2D eigenvalue weighted by molar-refractivity contribution is 5.75. The average Bonchev–Trinajstić information content (AvgIpc) is 2.87. The monoisotopic (exact) mass is 266 g/mol. The maximum Gasteiger partial charge on any atom is 0.307 e. The smallest absolute Gasteiger partial charge is 0.307 e. The van der Waals surface area contributed by atoms with Gasteiger partial charge in [0.05, 0.1) is 6.42 Å². The van der Waals surface area contributed by atoms with Crippen LogP contribution in [0.5, 0.6) is 0 Å². The molecule has 0 bridgehead atoms. The number of ether oxygens (including phenoxy) is 1. The van der Waals surface area contributed by atoms with Crippen LogP contribution in [-0.4, -0.2) is 5.97 Å². The van der Waals surface area contributed by atoms with E-state index >= 15 is 0 Å². The Morgan fingerprint density at radius 2 is 1.65 bits per heavy atom. The van der Waals surface area contributed by atoms with Crippen molar-refractivity contribution in [2.45, 2.75) is 31.3 Å². The minimum Gasteiger partial charge on any atom is -0.453 e. The number of benzene rings is 2. The van der Waals surface area contributed by atoms with Crippen molar-refractivity contribution in [3.05, 3.63) is 71.8 Å². The maximum atomic E-state index is 12.0. The summed E-state index contributed by atoms with van der Waals surface area (Å²) >= 11 is 0. The first-order valence-electron chi connectivity index (χ1n) is 7.08. The van der Waals surface area contributed by atoms with Gasteiger partial charge in [-0.15, -0.1) is 0 Å². The summed E-state index contributed by atoms with van der Waals surface area (Å²) < 4.78 is 5.81. The van der Waals surface area contributed by atoms with E-state index in [1.54, 1.807) is 0 Å². The summed E-state index contributed by atoms with van der Waals surface area (Å²) in [5.74, 6) is -0.0202. The van der Waals surface area contributed by atoms with Crippen LogP contribution in [0.2, 0.25) is 0 Å². The molecule has 1 aliphatic heterocycles. The lowest BCUT2D eigenvalue weighted by atomic mass is 9.76. The van der Waals surface area contributed by atoms with Gasteiger partial charge in [0.1, 0.15) is 5.60 Å². The molecule has 2 heteroatoms. The Labute approximate surface area is 119 Å². The fourth-order valence-corrected chi connectivity index (χ4v) is 3.22. The maximum absolute atomic E-state index is 12.0. The van der Waals surface area contributed by atoms with Gasteiger partial charge in [-0.1, -0.05) is 67.6 Å². The van der Waals surface area contributed by atoms with Crippen LogP contribution < -0.4 is 0 Å². The molecule has 1 fully saturated rings. The highest BCUT2D eigenvalue weighted by Gasteiger charge is 2.49. The van der Waals surface area contributed by atoms with E-state index in [2.05, 4.69) is 31.2 Å². The Morgan fingerprint density at radius 3 is 2.25 bits per heavy atom. The lowest BCUT2D eigenvalue weighted by molar-refractivity contribution is -0.150. The molecule has 0 amide bonds. The molecular weight excluding hydrogens is 248 g/mol. The second-order valence-electron chi connectivity index (χ2n) is 5.25. The normalized spacial score (nSPS) is 25.4. The Kier molecular flexibility index (Phi) is 3.31. The third kappa shape index (κ3) is 2.01. The summed E-state index contributed by atoms with van der Waals surface area (Å²) in [5.41, 5.74) is 1.73. The SMILES string of the molecule is CCC1(c2ccccc2)OC(=O)CC1c1ccccc1. The van der Waals surface area contributed by atoms with Crippen molar-refractivity contribution < 1.29 is 9.53 Å². The number of carbonyl (C=O) groups is 1. The summed E-state index contributed by atoms with van der Waals surface area (Å²) in [6.45, 7) is 2.08. The van der Waals surface area contributed by atoms with Gasteiger partial charge in [-0.2, -0.15) is 0 Å². The molecular formula is C18H18O2. The fraction of sp³-hybridized carbons (Fsp3) is 0.278. The van der Waals surface area contributed by atoms with Crippen molar-refractivity contribution >= 4 is 5.97 Å². The van der Waals surface area contributed by atoms with Crippen LogP contribution in [0.25, 0.3) is 0 Å². The van der Waals surface area contributed by atoms with Crippen LogP contribution in [0, 0.1) is 0 Å². The van der Waals surface area contributed by atoms with Gasteiger partial charge in [0.25, 0.3) is 0 Å². The molecule has 2 unspecified atom stereocenters. The van der Waals surface area contributed by atoms with E-state index in [-0.39, 0.29) is 11.9 Å². The molecule has 2 atom stereocenters. The van der Waals surface area contributed by atoms with E-state index in [4.69, 9.17) is 4.74 Å². The van der Waals surface area contributed by atoms with Crippen LogP contribution in [0.4, 0.5) is 0 Å². The van der Waals surface area contributed by atoms with Gasteiger partial charge in [-0.3, -0.25) is 4.79 Å². The molecule has 20 heavy (non-hydrogen) atoms. The summed E-state index contributed by atoms with van der Waals surface area (Å²) in [4.78, 5) is 12.0. The molecule has 1 saturated heterocycles. The van der Waals surface area contributed by atoms with Crippen LogP contribution in [0.3, 0.4) is 0 Å². The van der Waals surface area contributed by atoms with Crippen molar-refractivity contribution in [2.24, 2.45) is 0 Å². The Bertz CT molecular complexity index is 591. The molecule has 3 rings (SSSR count). The number of rotatable bonds is 3. The zero-order valence-corrected chi connectivity index (χ0v) is 11.6. The zero-order valence-electron chi connectivity index (χ0n) is 11.6. The summed E-state index contributed by atoms with van der Waals surface area (Å²) in [5, 5.41) is 0. The number of cyclic esters (lactones) is 1. The predicted molar refractivity (Wildman–Crippen MR) is 78.3 cm³/mol. The highest BCUT2D eigenvalue weighted by Crippen LogP contribution is 2.49. The first kappa shape index (κ1) is 12.9. The number of hydrogen-bond donors (Lipinski definition) is 0. The number of hydrogen-bond acceptors (Lipinski definition) is 2. The lowest BCUT2D eigenvalue weighted by Crippen LogP contribution is -2.30.